The van der Waals surface area contributed by atoms with Crippen LogP contribution in [0.15, 0.2) is 60.7 Å². The quantitative estimate of drug-likeness (QED) is 0.606. The number of hydrogen-bond acceptors (Lipinski definition) is 2. The summed E-state index contributed by atoms with van der Waals surface area (Å²) in [6.45, 7) is 2.04. The van der Waals surface area contributed by atoms with E-state index < -0.39 is 0 Å². The number of aryl methyl sites for hydroxylation is 1. The van der Waals surface area contributed by atoms with Gasteiger partial charge in [-0.1, -0.05) is 71.8 Å². The second kappa shape index (κ2) is 6.01. The van der Waals surface area contributed by atoms with Gasteiger partial charge in [0, 0.05) is 11.1 Å². The first-order chi connectivity index (χ1) is 10.7. The summed E-state index contributed by atoms with van der Waals surface area (Å²) in [5.41, 5.74) is 5.26. The topological polar surface area (TPSA) is 36.7 Å². The van der Waals surface area contributed by atoms with E-state index in [1.807, 2.05) is 67.6 Å². The first kappa shape index (κ1) is 14.3. The van der Waals surface area contributed by atoms with Gasteiger partial charge >= 0.3 is 0 Å². The van der Waals surface area contributed by atoms with Crippen molar-refractivity contribution in [3.05, 3.63) is 76.9 Å². The van der Waals surface area contributed by atoms with Crippen LogP contribution < -0.4 is 0 Å². The second-order valence-corrected chi connectivity index (χ2v) is 5.42. The molecule has 3 rings (SSSR count). The third-order valence-corrected chi connectivity index (χ3v) is 3.79. The van der Waals surface area contributed by atoms with Crippen molar-refractivity contribution in [2.45, 2.75) is 6.92 Å². The van der Waals surface area contributed by atoms with E-state index in [0.29, 0.717) is 5.56 Å². The van der Waals surface area contributed by atoms with E-state index in [-0.39, 0.29) is 5.15 Å². The molecule has 0 fully saturated rings. The third-order valence-electron chi connectivity index (χ3n) is 3.51. The Morgan fingerprint density at radius 3 is 2.27 bits per heavy atom. The molecule has 1 aromatic heterocycles. The van der Waals surface area contributed by atoms with E-state index in [9.17, 15) is 5.26 Å². The molecule has 0 atom stereocenters. The number of halogens is 1. The maximum absolute atomic E-state index is 9.22. The highest BCUT2D eigenvalue weighted by atomic mass is 35.5. The minimum atomic E-state index is 0.234. The van der Waals surface area contributed by atoms with Crippen molar-refractivity contribution < 1.29 is 0 Å². The third kappa shape index (κ3) is 2.72. The molecule has 0 amide bonds. The van der Waals surface area contributed by atoms with E-state index in [1.54, 1.807) is 0 Å². The molecule has 0 spiro atoms. The Balaban J connectivity index is 2.27. The van der Waals surface area contributed by atoms with E-state index in [0.717, 1.165) is 22.4 Å². The van der Waals surface area contributed by atoms with Crippen LogP contribution in [0.4, 0.5) is 0 Å². The fourth-order valence-corrected chi connectivity index (χ4v) is 2.52. The highest BCUT2D eigenvalue weighted by Gasteiger charge is 2.13. The Bertz CT molecular complexity index is 847. The predicted molar refractivity (Wildman–Crippen MR) is 89.6 cm³/mol. The number of benzene rings is 2. The molecule has 0 unspecified atom stereocenters. The highest BCUT2D eigenvalue weighted by molar-refractivity contribution is 6.30. The minimum Gasteiger partial charge on any atom is -0.234 e. The SMILES string of the molecule is Cc1ccc(-c2cc(C#N)c(Cl)nc2-c2ccccc2)cc1. The van der Waals surface area contributed by atoms with E-state index in [4.69, 9.17) is 11.6 Å². The molecular formula is C19H13ClN2. The van der Waals surface area contributed by atoms with Crippen molar-refractivity contribution in [1.29, 1.82) is 5.26 Å². The fraction of sp³-hybridized carbons (Fsp3) is 0.0526. The number of hydrogen-bond donors (Lipinski definition) is 0. The molecule has 0 radical (unpaired) electrons. The molecule has 0 aliphatic carbocycles. The fourth-order valence-electron chi connectivity index (χ4n) is 2.34. The molecule has 0 N–H and O–H groups in total. The number of nitrogens with zero attached hydrogens (tertiary/aromatic N) is 2. The van der Waals surface area contributed by atoms with Gasteiger partial charge in [0.05, 0.1) is 11.3 Å². The summed E-state index contributed by atoms with van der Waals surface area (Å²) >= 11 is 6.13. The van der Waals surface area contributed by atoms with Crippen LogP contribution in [0.2, 0.25) is 5.15 Å². The Morgan fingerprint density at radius 1 is 0.955 bits per heavy atom. The molecule has 0 bridgehead atoms. The van der Waals surface area contributed by atoms with Crippen molar-refractivity contribution >= 4 is 11.6 Å². The number of rotatable bonds is 2. The highest BCUT2D eigenvalue weighted by Crippen LogP contribution is 2.33. The largest absolute Gasteiger partial charge is 0.234 e. The Kier molecular flexibility index (Phi) is 3.91. The Labute approximate surface area is 134 Å². The maximum atomic E-state index is 9.22. The van der Waals surface area contributed by atoms with Gasteiger partial charge in [-0.05, 0) is 18.6 Å². The monoisotopic (exact) mass is 304 g/mol. The summed E-state index contributed by atoms with van der Waals surface area (Å²) in [6.07, 6.45) is 0. The lowest BCUT2D eigenvalue weighted by atomic mass is 9.97. The van der Waals surface area contributed by atoms with Crippen LogP contribution in [0, 0.1) is 18.3 Å². The summed E-state index contributed by atoms with van der Waals surface area (Å²) in [5, 5.41) is 9.45. The van der Waals surface area contributed by atoms with Gasteiger partial charge in [0.25, 0.3) is 0 Å². The van der Waals surface area contributed by atoms with Gasteiger partial charge in [-0.3, -0.25) is 0 Å². The lowest BCUT2D eigenvalue weighted by molar-refractivity contribution is 1.30. The predicted octanol–water partition coefficient (Wildman–Crippen LogP) is 5.25. The van der Waals surface area contributed by atoms with Crippen LogP contribution in [0.3, 0.4) is 0 Å². The van der Waals surface area contributed by atoms with Crippen molar-refractivity contribution in [3.63, 3.8) is 0 Å². The Morgan fingerprint density at radius 2 is 1.64 bits per heavy atom. The molecule has 2 aromatic carbocycles. The summed E-state index contributed by atoms with van der Waals surface area (Å²) in [6, 6.07) is 21.9. The summed E-state index contributed by atoms with van der Waals surface area (Å²) in [5.74, 6) is 0. The minimum absolute atomic E-state index is 0.234. The second-order valence-electron chi connectivity index (χ2n) is 5.07. The maximum Gasteiger partial charge on any atom is 0.147 e. The standard InChI is InChI=1S/C19H13ClN2/c1-13-7-9-14(10-8-13)17-11-16(12-21)19(20)22-18(17)15-5-3-2-4-6-15/h2-11H,1H3. The van der Waals surface area contributed by atoms with Gasteiger partial charge in [0.2, 0.25) is 0 Å². The molecule has 3 heteroatoms. The Hall–Kier alpha value is -2.63. The lowest BCUT2D eigenvalue weighted by Gasteiger charge is -2.11. The van der Waals surface area contributed by atoms with Gasteiger partial charge in [-0.2, -0.15) is 5.26 Å². The van der Waals surface area contributed by atoms with Crippen molar-refractivity contribution in [2.24, 2.45) is 0 Å². The van der Waals surface area contributed by atoms with E-state index in [2.05, 4.69) is 11.1 Å². The normalized spacial score (nSPS) is 10.2. The lowest BCUT2D eigenvalue weighted by Crippen LogP contribution is -1.93. The average molecular weight is 305 g/mol. The zero-order chi connectivity index (χ0) is 15.5. The molecule has 1 heterocycles. The molecule has 22 heavy (non-hydrogen) atoms. The van der Waals surface area contributed by atoms with Crippen LogP contribution in [0.1, 0.15) is 11.1 Å². The average Bonchev–Trinajstić information content (AvgIpc) is 2.56. The van der Waals surface area contributed by atoms with Crippen molar-refractivity contribution in [1.82, 2.24) is 4.98 Å². The molecule has 3 aromatic rings. The van der Waals surface area contributed by atoms with Crippen LogP contribution in [0.25, 0.3) is 22.4 Å². The first-order valence-electron chi connectivity index (χ1n) is 6.92. The van der Waals surface area contributed by atoms with E-state index >= 15 is 0 Å². The van der Waals surface area contributed by atoms with Gasteiger partial charge < -0.3 is 0 Å². The molecule has 2 nitrogen and oxygen atoms in total. The summed E-state index contributed by atoms with van der Waals surface area (Å²) < 4.78 is 0. The summed E-state index contributed by atoms with van der Waals surface area (Å²) in [7, 11) is 0. The van der Waals surface area contributed by atoms with Gasteiger partial charge in [0.15, 0.2) is 0 Å². The van der Waals surface area contributed by atoms with Gasteiger partial charge in [-0.25, -0.2) is 4.98 Å². The zero-order valence-electron chi connectivity index (χ0n) is 12.0. The molecule has 0 aliphatic heterocycles. The number of nitriles is 1. The molecular weight excluding hydrogens is 292 g/mol. The van der Waals surface area contributed by atoms with Crippen molar-refractivity contribution in [2.75, 3.05) is 0 Å². The molecule has 0 saturated heterocycles. The van der Waals surface area contributed by atoms with Gasteiger partial charge in [0.1, 0.15) is 11.2 Å². The van der Waals surface area contributed by atoms with Crippen LogP contribution >= 0.6 is 11.6 Å². The van der Waals surface area contributed by atoms with Crippen LogP contribution in [0.5, 0.6) is 0 Å². The number of aromatic nitrogens is 1. The van der Waals surface area contributed by atoms with Crippen molar-refractivity contribution in [3.8, 4) is 28.5 Å². The summed E-state index contributed by atoms with van der Waals surface area (Å²) in [4.78, 5) is 4.46. The molecule has 106 valence electrons. The van der Waals surface area contributed by atoms with E-state index in [1.165, 1.54) is 5.56 Å². The van der Waals surface area contributed by atoms with Crippen LogP contribution in [-0.2, 0) is 0 Å². The van der Waals surface area contributed by atoms with Crippen LogP contribution in [-0.4, -0.2) is 4.98 Å². The number of pyridine rings is 1. The molecule has 0 saturated carbocycles. The van der Waals surface area contributed by atoms with Gasteiger partial charge in [-0.15, -0.1) is 0 Å². The zero-order valence-corrected chi connectivity index (χ0v) is 12.8. The smallest absolute Gasteiger partial charge is 0.147 e. The molecule has 0 aliphatic rings. The first-order valence-corrected chi connectivity index (χ1v) is 7.30.